The summed E-state index contributed by atoms with van der Waals surface area (Å²) in [5.74, 6) is 1.60. The zero-order valence-corrected chi connectivity index (χ0v) is 14.8. The van der Waals surface area contributed by atoms with Gasteiger partial charge in [0.05, 0.1) is 20.8 Å². The summed E-state index contributed by atoms with van der Waals surface area (Å²) < 4.78 is 21.3. The largest absolute Gasteiger partial charge is 0.497 e. The van der Waals surface area contributed by atoms with Crippen molar-refractivity contribution >= 4 is 17.9 Å². The van der Waals surface area contributed by atoms with Gasteiger partial charge >= 0.3 is 5.97 Å². The molecule has 0 bridgehead atoms. The lowest BCUT2D eigenvalue weighted by Gasteiger charge is -2.07. The van der Waals surface area contributed by atoms with Crippen molar-refractivity contribution in [2.24, 2.45) is 4.99 Å². The van der Waals surface area contributed by atoms with Crippen LogP contribution >= 0.6 is 0 Å². The Hall–Kier alpha value is -3.28. The van der Waals surface area contributed by atoms with Crippen molar-refractivity contribution in [1.82, 2.24) is 0 Å². The van der Waals surface area contributed by atoms with Gasteiger partial charge < -0.3 is 18.9 Å². The molecule has 2 aromatic rings. The van der Waals surface area contributed by atoms with Crippen LogP contribution in [0, 0.1) is 0 Å². The van der Waals surface area contributed by atoms with Crippen molar-refractivity contribution in [3.8, 4) is 17.2 Å². The first-order valence-electron chi connectivity index (χ1n) is 8.12. The third kappa shape index (κ3) is 3.85. The van der Waals surface area contributed by atoms with Gasteiger partial charge in [0.25, 0.3) is 0 Å². The second-order valence-corrected chi connectivity index (χ2v) is 5.44. The van der Waals surface area contributed by atoms with Crippen LogP contribution < -0.4 is 14.2 Å². The van der Waals surface area contributed by atoms with Crippen LogP contribution in [0.3, 0.4) is 0 Å². The number of esters is 1. The molecule has 0 aliphatic carbocycles. The van der Waals surface area contributed by atoms with Gasteiger partial charge in [-0.25, -0.2) is 9.79 Å². The SMILES string of the molecule is CCOc1cccc(/C=C2/N=C(c3cc(OC)cc(OC)c3)OC2=O)c1. The molecule has 0 fully saturated rings. The Morgan fingerprint density at radius 1 is 1.04 bits per heavy atom. The van der Waals surface area contributed by atoms with Crippen LogP contribution in [0.15, 0.2) is 53.2 Å². The molecule has 1 heterocycles. The van der Waals surface area contributed by atoms with Crippen LogP contribution in [0.25, 0.3) is 6.08 Å². The average molecular weight is 353 g/mol. The van der Waals surface area contributed by atoms with E-state index in [4.69, 9.17) is 18.9 Å². The second-order valence-electron chi connectivity index (χ2n) is 5.44. The topological polar surface area (TPSA) is 66.3 Å². The van der Waals surface area contributed by atoms with Crippen LogP contribution in [0.4, 0.5) is 0 Å². The Bertz CT molecular complexity index is 863. The third-order valence-electron chi connectivity index (χ3n) is 3.69. The van der Waals surface area contributed by atoms with E-state index in [1.807, 2.05) is 31.2 Å². The van der Waals surface area contributed by atoms with Gasteiger partial charge in [0.2, 0.25) is 5.90 Å². The molecule has 0 spiro atoms. The predicted molar refractivity (Wildman–Crippen MR) is 97.8 cm³/mol. The minimum absolute atomic E-state index is 0.208. The van der Waals surface area contributed by atoms with E-state index in [-0.39, 0.29) is 11.6 Å². The Morgan fingerprint density at radius 3 is 2.42 bits per heavy atom. The Kier molecular flexibility index (Phi) is 5.22. The molecular formula is C20H19NO5. The van der Waals surface area contributed by atoms with Gasteiger partial charge in [0.1, 0.15) is 17.2 Å². The molecule has 0 atom stereocenters. The lowest BCUT2D eigenvalue weighted by atomic mass is 10.2. The van der Waals surface area contributed by atoms with E-state index in [0.29, 0.717) is 23.7 Å². The highest BCUT2D eigenvalue weighted by Crippen LogP contribution is 2.26. The molecule has 0 unspecified atom stereocenters. The van der Waals surface area contributed by atoms with Crippen molar-refractivity contribution in [3.05, 3.63) is 59.3 Å². The van der Waals surface area contributed by atoms with Crippen molar-refractivity contribution in [1.29, 1.82) is 0 Å². The number of hydrogen-bond donors (Lipinski definition) is 0. The summed E-state index contributed by atoms with van der Waals surface area (Å²) >= 11 is 0. The number of rotatable bonds is 6. The standard InChI is InChI=1S/C20H19NO5/c1-4-25-15-7-5-6-13(8-15)9-18-20(22)26-19(21-18)14-10-16(23-2)12-17(11-14)24-3/h5-12H,4H2,1-3H3/b18-9+. The van der Waals surface area contributed by atoms with Gasteiger partial charge in [0.15, 0.2) is 5.70 Å². The molecular weight excluding hydrogens is 334 g/mol. The highest BCUT2D eigenvalue weighted by molar-refractivity contribution is 6.13. The van der Waals surface area contributed by atoms with Crippen LogP contribution in [-0.2, 0) is 9.53 Å². The van der Waals surface area contributed by atoms with Gasteiger partial charge in [0, 0.05) is 11.6 Å². The van der Waals surface area contributed by atoms with Crippen molar-refractivity contribution in [2.75, 3.05) is 20.8 Å². The summed E-state index contributed by atoms with van der Waals surface area (Å²) in [6.07, 6.45) is 1.66. The molecule has 3 rings (SSSR count). The highest BCUT2D eigenvalue weighted by Gasteiger charge is 2.25. The summed E-state index contributed by atoms with van der Waals surface area (Å²) in [4.78, 5) is 16.5. The number of aliphatic imine (C=N–C) groups is 1. The van der Waals surface area contributed by atoms with Gasteiger partial charge in [-0.05, 0) is 42.8 Å². The molecule has 1 aliphatic heterocycles. The molecule has 0 radical (unpaired) electrons. The Labute approximate surface area is 151 Å². The molecule has 0 N–H and O–H groups in total. The number of carbonyl (C=O) groups is 1. The second kappa shape index (κ2) is 7.74. The average Bonchev–Trinajstić information content (AvgIpc) is 3.02. The first kappa shape index (κ1) is 17.5. The molecule has 6 heteroatoms. The lowest BCUT2D eigenvalue weighted by molar-refractivity contribution is -0.129. The first-order valence-corrected chi connectivity index (χ1v) is 8.12. The molecule has 1 aliphatic rings. The maximum Gasteiger partial charge on any atom is 0.363 e. The number of hydrogen-bond acceptors (Lipinski definition) is 6. The van der Waals surface area contributed by atoms with E-state index >= 15 is 0 Å². The van der Waals surface area contributed by atoms with Crippen molar-refractivity contribution < 1.29 is 23.7 Å². The summed E-state index contributed by atoms with van der Waals surface area (Å²) in [5.41, 5.74) is 1.62. The normalized spacial score (nSPS) is 14.8. The van der Waals surface area contributed by atoms with Crippen LogP contribution in [0.2, 0.25) is 0 Å². The van der Waals surface area contributed by atoms with E-state index in [2.05, 4.69) is 4.99 Å². The molecule has 2 aromatic carbocycles. The maximum atomic E-state index is 12.2. The molecule has 6 nitrogen and oxygen atoms in total. The van der Waals surface area contributed by atoms with E-state index < -0.39 is 5.97 Å². The Balaban J connectivity index is 1.93. The minimum Gasteiger partial charge on any atom is -0.497 e. The molecule has 0 aromatic heterocycles. The molecule has 134 valence electrons. The van der Waals surface area contributed by atoms with Gasteiger partial charge in [-0.2, -0.15) is 0 Å². The van der Waals surface area contributed by atoms with Gasteiger partial charge in [-0.15, -0.1) is 0 Å². The van der Waals surface area contributed by atoms with E-state index in [1.165, 1.54) is 0 Å². The van der Waals surface area contributed by atoms with Crippen molar-refractivity contribution in [2.45, 2.75) is 6.92 Å². The zero-order valence-electron chi connectivity index (χ0n) is 14.8. The zero-order chi connectivity index (χ0) is 18.5. The highest BCUT2D eigenvalue weighted by atomic mass is 16.6. The maximum absolute atomic E-state index is 12.2. The predicted octanol–water partition coefficient (Wildman–Crippen LogP) is 3.45. The van der Waals surface area contributed by atoms with E-state index in [1.54, 1.807) is 38.5 Å². The van der Waals surface area contributed by atoms with E-state index in [0.717, 1.165) is 11.3 Å². The Morgan fingerprint density at radius 2 is 1.77 bits per heavy atom. The third-order valence-corrected chi connectivity index (χ3v) is 3.69. The lowest BCUT2D eigenvalue weighted by Crippen LogP contribution is -2.06. The monoisotopic (exact) mass is 353 g/mol. The fraction of sp³-hybridized carbons (Fsp3) is 0.200. The van der Waals surface area contributed by atoms with Crippen LogP contribution in [0.5, 0.6) is 17.2 Å². The number of ether oxygens (including phenoxy) is 4. The number of nitrogens with zero attached hydrogens (tertiary/aromatic N) is 1. The molecule has 0 saturated carbocycles. The molecule has 26 heavy (non-hydrogen) atoms. The molecule has 0 amide bonds. The number of methoxy groups -OCH3 is 2. The summed E-state index contributed by atoms with van der Waals surface area (Å²) in [6.45, 7) is 2.49. The van der Waals surface area contributed by atoms with E-state index in [9.17, 15) is 4.79 Å². The number of carbonyl (C=O) groups excluding carboxylic acids is 1. The smallest absolute Gasteiger partial charge is 0.363 e. The summed E-state index contributed by atoms with van der Waals surface area (Å²) in [6, 6.07) is 12.6. The van der Waals surface area contributed by atoms with Crippen LogP contribution in [-0.4, -0.2) is 32.7 Å². The number of benzene rings is 2. The fourth-order valence-electron chi connectivity index (χ4n) is 2.48. The summed E-state index contributed by atoms with van der Waals surface area (Å²) in [5, 5.41) is 0. The minimum atomic E-state index is -0.511. The molecule has 0 saturated heterocycles. The van der Waals surface area contributed by atoms with Gasteiger partial charge in [-0.1, -0.05) is 12.1 Å². The van der Waals surface area contributed by atoms with Gasteiger partial charge in [-0.3, -0.25) is 0 Å². The summed E-state index contributed by atoms with van der Waals surface area (Å²) in [7, 11) is 3.11. The van der Waals surface area contributed by atoms with Crippen molar-refractivity contribution in [3.63, 3.8) is 0 Å². The number of cyclic esters (lactones) is 1. The first-order chi connectivity index (χ1) is 12.6. The van der Waals surface area contributed by atoms with Crippen LogP contribution in [0.1, 0.15) is 18.1 Å². The fourth-order valence-corrected chi connectivity index (χ4v) is 2.48. The quantitative estimate of drug-likeness (QED) is 0.588.